The van der Waals surface area contributed by atoms with Gasteiger partial charge in [-0.3, -0.25) is 0 Å². The number of allylic oxidation sites excluding steroid dienone is 4. The second-order valence-corrected chi connectivity index (χ2v) is 9.15. The van der Waals surface area contributed by atoms with Gasteiger partial charge in [0.15, 0.2) is 0 Å². The Kier molecular flexibility index (Phi) is 4.42. The van der Waals surface area contributed by atoms with Crippen LogP contribution in [0.15, 0.2) is 22.8 Å². The Balaban J connectivity index is 2.49. The molecule has 0 amide bonds. The first-order chi connectivity index (χ1) is 10.0. The molecule has 0 heterocycles. The second-order valence-electron chi connectivity index (χ2n) is 9.15. The molecule has 2 aliphatic carbocycles. The monoisotopic (exact) mass is 298 g/mol. The minimum atomic E-state index is 0.00208. The fourth-order valence-corrected chi connectivity index (χ4v) is 4.65. The molecule has 1 fully saturated rings. The van der Waals surface area contributed by atoms with E-state index in [2.05, 4.69) is 73.3 Å². The predicted molar refractivity (Wildman–Crippen MR) is 97.5 cm³/mol. The minimum Gasteiger partial charge on any atom is -0.0867 e. The molecule has 0 saturated heterocycles. The van der Waals surface area contributed by atoms with Crippen LogP contribution in [0.1, 0.15) is 81.1 Å². The molecule has 2 atom stereocenters. The molecule has 1 saturated carbocycles. The maximum atomic E-state index is 3.69. The van der Waals surface area contributed by atoms with Crippen LogP contribution >= 0.6 is 0 Å². The lowest BCUT2D eigenvalue weighted by Crippen LogP contribution is -2.41. The quantitative estimate of drug-likeness (QED) is 0.381. The number of rotatable bonds is 1. The average molecular weight is 299 g/mol. The summed E-state index contributed by atoms with van der Waals surface area (Å²) in [7, 11) is 0. The van der Waals surface area contributed by atoms with Gasteiger partial charge in [-0.15, -0.1) is 0 Å². The molecule has 0 bridgehead atoms. The summed E-state index contributed by atoms with van der Waals surface area (Å²) >= 11 is 0. The molecule has 0 aliphatic heterocycles. The summed E-state index contributed by atoms with van der Waals surface area (Å²) in [6.45, 7) is 18.8. The first-order valence-electron chi connectivity index (χ1n) is 8.92. The van der Waals surface area contributed by atoms with Gasteiger partial charge in [-0.25, -0.2) is 0 Å². The minimum absolute atomic E-state index is 0.00208. The van der Waals surface area contributed by atoms with Crippen LogP contribution < -0.4 is 0 Å². The molecule has 22 heavy (non-hydrogen) atoms. The summed E-state index contributed by atoms with van der Waals surface area (Å²) in [4.78, 5) is 0. The summed E-state index contributed by atoms with van der Waals surface area (Å²) in [5.41, 5.74) is 5.21. The Morgan fingerprint density at radius 1 is 1.18 bits per heavy atom. The Hall–Kier alpha value is -0.960. The van der Waals surface area contributed by atoms with Gasteiger partial charge in [-0.05, 0) is 68.8 Å². The van der Waals surface area contributed by atoms with Gasteiger partial charge in [0.25, 0.3) is 0 Å². The highest BCUT2D eigenvalue weighted by molar-refractivity contribution is 5.42. The molecular weight excluding hydrogens is 264 g/mol. The Labute approximate surface area is 138 Å². The summed E-state index contributed by atoms with van der Waals surface area (Å²) in [6, 6.07) is 0. The van der Waals surface area contributed by atoms with E-state index in [0.29, 0.717) is 5.41 Å². The van der Waals surface area contributed by atoms with Gasteiger partial charge in [0.05, 0.1) is 5.41 Å². The zero-order chi connectivity index (χ0) is 16.8. The molecular formula is C22H34. The lowest BCUT2D eigenvalue weighted by Gasteiger charge is -2.48. The molecule has 0 spiro atoms. The van der Waals surface area contributed by atoms with Gasteiger partial charge in [0, 0.05) is 0 Å². The highest BCUT2D eigenvalue weighted by atomic mass is 14.5. The molecule has 0 nitrogen and oxygen atoms in total. The standard InChI is InChI=1S/C22H34/c1-9-10-16(2)11-12-22(8)17(3)19-15-20(4,5)13-18(19)14-21(22,6)7/h10,18H,9,13-15H2,1-8H3/b16-10+. The van der Waals surface area contributed by atoms with Crippen molar-refractivity contribution >= 4 is 0 Å². The fourth-order valence-electron chi connectivity index (χ4n) is 4.65. The molecule has 0 N–H and O–H groups in total. The Morgan fingerprint density at radius 2 is 1.82 bits per heavy atom. The molecule has 2 aliphatic rings. The molecule has 0 heteroatoms. The van der Waals surface area contributed by atoms with E-state index >= 15 is 0 Å². The van der Waals surface area contributed by atoms with Crippen molar-refractivity contribution in [1.29, 1.82) is 0 Å². The van der Waals surface area contributed by atoms with E-state index in [4.69, 9.17) is 0 Å². The maximum Gasteiger partial charge on any atom is 0.0549 e. The van der Waals surface area contributed by atoms with Crippen LogP contribution in [0.4, 0.5) is 0 Å². The van der Waals surface area contributed by atoms with Gasteiger partial charge >= 0.3 is 0 Å². The molecule has 2 unspecified atom stereocenters. The van der Waals surface area contributed by atoms with Crippen molar-refractivity contribution in [3.63, 3.8) is 0 Å². The second kappa shape index (κ2) is 5.59. The Bertz CT molecular complexity index is 571. The Morgan fingerprint density at radius 3 is 2.41 bits per heavy atom. The van der Waals surface area contributed by atoms with Crippen molar-refractivity contribution < 1.29 is 0 Å². The van der Waals surface area contributed by atoms with Gasteiger partial charge < -0.3 is 0 Å². The molecule has 122 valence electrons. The van der Waals surface area contributed by atoms with E-state index in [1.165, 1.54) is 24.8 Å². The molecule has 0 aromatic carbocycles. The highest BCUT2D eigenvalue weighted by Gasteiger charge is 2.51. The van der Waals surface area contributed by atoms with Crippen LogP contribution in [-0.2, 0) is 0 Å². The van der Waals surface area contributed by atoms with Crippen molar-refractivity contribution in [3.05, 3.63) is 22.8 Å². The van der Waals surface area contributed by atoms with Crippen LogP contribution in [0.5, 0.6) is 0 Å². The highest BCUT2D eigenvalue weighted by Crippen LogP contribution is 2.61. The van der Waals surface area contributed by atoms with E-state index in [0.717, 1.165) is 12.3 Å². The van der Waals surface area contributed by atoms with Gasteiger partial charge in [0.1, 0.15) is 0 Å². The summed E-state index contributed by atoms with van der Waals surface area (Å²) in [5, 5.41) is 0. The van der Waals surface area contributed by atoms with Crippen molar-refractivity contribution in [2.75, 3.05) is 0 Å². The first kappa shape index (κ1) is 17.4. The summed E-state index contributed by atoms with van der Waals surface area (Å²) in [5.74, 6) is 7.93. The third-order valence-corrected chi connectivity index (χ3v) is 6.32. The van der Waals surface area contributed by atoms with Crippen molar-refractivity contribution in [3.8, 4) is 11.8 Å². The summed E-state index contributed by atoms with van der Waals surface area (Å²) in [6.07, 6.45) is 7.19. The lowest BCUT2D eigenvalue weighted by atomic mass is 9.55. The molecule has 2 rings (SSSR count). The van der Waals surface area contributed by atoms with Gasteiger partial charge in [0.2, 0.25) is 0 Å². The van der Waals surface area contributed by atoms with Crippen LogP contribution in [0.25, 0.3) is 0 Å². The van der Waals surface area contributed by atoms with E-state index in [1.54, 1.807) is 11.1 Å². The maximum absolute atomic E-state index is 3.69. The fraction of sp³-hybridized carbons (Fsp3) is 0.727. The molecule has 0 aromatic heterocycles. The van der Waals surface area contributed by atoms with Crippen molar-refractivity contribution in [2.45, 2.75) is 81.1 Å². The van der Waals surface area contributed by atoms with Crippen LogP contribution in [0, 0.1) is 34.0 Å². The number of hydrogen-bond donors (Lipinski definition) is 0. The van der Waals surface area contributed by atoms with E-state index in [-0.39, 0.29) is 10.8 Å². The SMILES string of the molecule is CC/C=C(\C)C#CC1(C)C(C)=C2CC(C)(C)CC2CC1(C)C. The topological polar surface area (TPSA) is 0 Å². The van der Waals surface area contributed by atoms with Gasteiger partial charge in [-0.1, -0.05) is 63.7 Å². The van der Waals surface area contributed by atoms with Crippen molar-refractivity contribution in [2.24, 2.45) is 22.2 Å². The van der Waals surface area contributed by atoms with Crippen LogP contribution in [-0.4, -0.2) is 0 Å². The van der Waals surface area contributed by atoms with E-state index in [9.17, 15) is 0 Å². The average Bonchev–Trinajstić information content (AvgIpc) is 2.68. The smallest absolute Gasteiger partial charge is 0.0549 e. The third-order valence-electron chi connectivity index (χ3n) is 6.32. The third kappa shape index (κ3) is 2.92. The summed E-state index contributed by atoms with van der Waals surface area (Å²) < 4.78 is 0. The number of hydrogen-bond acceptors (Lipinski definition) is 0. The molecule has 0 radical (unpaired) electrons. The van der Waals surface area contributed by atoms with Crippen molar-refractivity contribution in [1.82, 2.24) is 0 Å². The molecule has 0 aromatic rings. The van der Waals surface area contributed by atoms with Gasteiger partial charge in [-0.2, -0.15) is 0 Å². The van der Waals surface area contributed by atoms with Crippen LogP contribution in [0.3, 0.4) is 0 Å². The normalized spacial score (nSPS) is 33.3. The van der Waals surface area contributed by atoms with E-state index < -0.39 is 0 Å². The van der Waals surface area contributed by atoms with Crippen LogP contribution in [0.2, 0.25) is 0 Å². The zero-order valence-corrected chi connectivity index (χ0v) is 16.0. The number of fused-ring (bicyclic) bond motifs is 1. The van der Waals surface area contributed by atoms with E-state index in [1.807, 2.05) is 0 Å². The first-order valence-corrected chi connectivity index (χ1v) is 8.92. The predicted octanol–water partition coefficient (Wildman–Crippen LogP) is 6.54. The largest absolute Gasteiger partial charge is 0.0867 e. The zero-order valence-electron chi connectivity index (χ0n) is 16.0. The lowest BCUT2D eigenvalue weighted by molar-refractivity contribution is 0.133.